The Morgan fingerprint density at radius 3 is 2.43 bits per heavy atom. The number of carbonyl (C=O) groups excluding carboxylic acids is 1. The summed E-state index contributed by atoms with van der Waals surface area (Å²) in [4.78, 5) is 21.9. The number of nitro groups is 1. The van der Waals surface area contributed by atoms with Crippen molar-refractivity contribution in [1.82, 2.24) is 0 Å². The third-order valence-corrected chi connectivity index (χ3v) is 3.75. The Bertz CT molecular complexity index is 768. The zero-order valence-electron chi connectivity index (χ0n) is 11.4. The number of hydrogen-bond acceptors (Lipinski definition) is 4. The number of ether oxygens (including phenoxy) is 1. The molecule has 0 aliphatic rings. The topological polar surface area (TPSA) is 81.5 Å². The first kappa shape index (κ1) is 17.3. The van der Waals surface area contributed by atoms with Gasteiger partial charge in [0.05, 0.1) is 25.7 Å². The number of nitrogens with zero attached hydrogens (tertiary/aromatic N) is 1. The van der Waals surface area contributed by atoms with E-state index in [1.807, 2.05) is 0 Å². The number of nitrogens with one attached hydrogen (secondary N) is 1. The zero-order valence-corrected chi connectivity index (χ0v) is 13.7. The molecule has 0 spiro atoms. The number of non-ortho nitro benzene ring substituents is 1. The molecule has 2 aromatic rings. The molecule has 0 bridgehead atoms. The van der Waals surface area contributed by atoms with Crippen molar-refractivity contribution in [2.24, 2.45) is 0 Å². The van der Waals surface area contributed by atoms with Gasteiger partial charge in [-0.15, -0.1) is 0 Å². The summed E-state index contributed by atoms with van der Waals surface area (Å²) in [5.41, 5.74) is 0.0834. The number of amides is 1. The minimum absolute atomic E-state index is 0.0575. The van der Waals surface area contributed by atoms with Crippen LogP contribution in [0.3, 0.4) is 0 Å². The highest BCUT2D eigenvalue weighted by Crippen LogP contribution is 2.27. The molecule has 0 unspecified atom stereocenters. The van der Waals surface area contributed by atoms with E-state index in [1.165, 1.54) is 18.2 Å². The summed E-state index contributed by atoms with van der Waals surface area (Å²) in [6.45, 7) is -0.286. The van der Waals surface area contributed by atoms with Crippen LogP contribution in [0.25, 0.3) is 0 Å². The molecule has 1 N–H and O–H groups in total. The van der Waals surface area contributed by atoms with Gasteiger partial charge in [0.15, 0.2) is 6.61 Å². The molecule has 0 aromatic heterocycles. The molecule has 0 fully saturated rings. The molecule has 23 heavy (non-hydrogen) atoms. The van der Waals surface area contributed by atoms with E-state index in [4.69, 9.17) is 39.5 Å². The van der Waals surface area contributed by atoms with Crippen molar-refractivity contribution in [3.8, 4) is 5.75 Å². The third-order valence-electron chi connectivity index (χ3n) is 2.70. The van der Waals surface area contributed by atoms with E-state index in [1.54, 1.807) is 12.1 Å². The molecule has 0 heterocycles. The summed E-state index contributed by atoms with van der Waals surface area (Å²) >= 11 is 17.5. The summed E-state index contributed by atoms with van der Waals surface area (Å²) in [5, 5.41) is 13.9. The average Bonchev–Trinajstić information content (AvgIpc) is 2.50. The van der Waals surface area contributed by atoms with Gasteiger partial charge in [0.25, 0.3) is 11.6 Å². The number of hydrogen-bond donors (Lipinski definition) is 1. The molecule has 0 atom stereocenters. The summed E-state index contributed by atoms with van der Waals surface area (Å²) < 4.78 is 5.27. The molecule has 6 nitrogen and oxygen atoms in total. The van der Waals surface area contributed by atoms with Crippen molar-refractivity contribution in [1.29, 1.82) is 0 Å². The molecular formula is C14H9Cl3N2O4. The molecule has 2 aromatic carbocycles. The smallest absolute Gasteiger partial charge is 0.271 e. The number of carbonyl (C=O) groups is 1. The van der Waals surface area contributed by atoms with E-state index >= 15 is 0 Å². The lowest BCUT2D eigenvalue weighted by atomic mass is 10.3. The number of halogens is 3. The Balaban J connectivity index is 1.97. The monoisotopic (exact) mass is 374 g/mol. The predicted octanol–water partition coefficient (Wildman–Crippen LogP) is 4.57. The van der Waals surface area contributed by atoms with Crippen LogP contribution in [0.5, 0.6) is 5.75 Å². The van der Waals surface area contributed by atoms with Crippen molar-refractivity contribution >= 4 is 52.1 Å². The lowest BCUT2D eigenvalue weighted by molar-refractivity contribution is -0.384. The molecule has 0 aliphatic carbocycles. The van der Waals surface area contributed by atoms with E-state index in [-0.39, 0.29) is 23.0 Å². The fourth-order valence-electron chi connectivity index (χ4n) is 1.62. The lowest BCUT2D eigenvalue weighted by Crippen LogP contribution is -2.20. The second-order valence-corrected chi connectivity index (χ2v) is 5.56. The highest BCUT2D eigenvalue weighted by Gasteiger charge is 2.12. The highest BCUT2D eigenvalue weighted by atomic mass is 35.5. The Morgan fingerprint density at radius 1 is 1.09 bits per heavy atom. The van der Waals surface area contributed by atoms with Crippen LogP contribution in [0.4, 0.5) is 11.4 Å². The van der Waals surface area contributed by atoms with Gasteiger partial charge in [0.1, 0.15) is 5.75 Å². The molecular weight excluding hydrogens is 367 g/mol. The van der Waals surface area contributed by atoms with Crippen LogP contribution in [0, 0.1) is 10.1 Å². The Morgan fingerprint density at radius 2 is 1.83 bits per heavy atom. The first-order valence-corrected chi connectivity index (χ1v) is 7.32. The van der Waals surface area contributed by atoms with Crippen LogP contribution < -0.4 is 10.1 Å². The fraction of sp³-hybridized carbons (Fsp3) is 0.0714. The summed E-state index contributed by atoms with van der Waals surface area (Å²) in [6, 6.07) is 8.33. The van der Waals surface area contributed by atoms with Crippen LogP contribution in [0.1, 0.15) is 0 Å². The molecule has 120 valence electrons. The number of rotatable bonds is 5. The Hall–Kier alpha value is -2.02. The largest absolute Gasteiger partial charge is 0.484 e. The standard InChI is InChI=1S/C14H9Cl3N2O4/c15-10-3-2-9(6-11(10)16)23-7-14(20)18-13-4-1-8(19(21)22)5-12(13)17/h1-6H,7H2,(H,18,20). The normalized spacial score (nSPS) is 10.2. The maximum absolute atomic E-state index is 11.8. The fourth-order valence-corrected chi connectivity index (χ4v) is 2.13. The van der Waals surface area contributed by atoms with Crippen LogP contribution >= 0.6 is 34.8 Å². The van der Waals surface area contributed by atoms with Crippen LogP contribution in [0.2, 0.25) is 15.1 Å². The van der Waals surface area contributed by atoms with Gasteiger partial charge in [-0.2, -0.15) is 0 Å². The highest BCUT2D eigenvalue weighted by molar-refractivity contribution is 6.42. The van der Waals surface area contributed by atoms with Crippen LogP contribution in [-0.4, -0.2) is 17.4 Å². The van der Waals surface area contributed by atoms with Gasteiger partial charge < -0.3 is 10.1 Å². The maximum atomic E-state index is 11.8. The van der Waals surface area contributed by atoms with E-state index in [0.29, 0.717) is 15.8 Å². The molecule has 0 saturated heterocycles. The van der Waals surface area contributed by atoms with E-state index in [9.17, 15) is 14.9 Å². The van der Waals surface area contributed by atoms with Gasteiger partial charge in [-0.05, 0) is 18.2 Å². The van der Waals surface area contributed by atoms with Gasteiger partial charge in [-0.25, -0.2) is 0 Å². The molecule has 1 amide bonds. The summed E-state index contributed by atoms with van der Waals surface area (Å²) in [7, 11) is 0. The number of nitro benzene ring substituents is 1. The van der Waals surface area contributed by atoms with E-state index in [2.05, 4.69) is 5.32 Å². The average molecular weight is 376 g/mol. The SMILES string of the molecule is O=C(COc1ccc(Cl)c(Cl)c1)Nc1ccc([N+](=O)[O-])cc1Cl. The molecule has 0 radical (unpaired) electrons. The van der Waals surface area contributed by atoms with Gasteiger partial charge in [0, 0.05) is 18.2 Å². The molecule has 9 heteroatoms. The zero-order chi connectivity index (χ0) is 17.0. The van der Waals surface area contributed by atoms with E-state index in [0.717, 1.165) is 6.07 Å². The molecule has 2 rings (SSSR count). The summed E-state index contributed by atoms with van der Waals surface area (Å²) in [5.74, 6) is -0.101. The van der Waals surface area contributed by atoms with Gasteiger partial charge in [-0.1, -0.05) is 34.8 Å². The third kappa shape index (κ3) is 4.72. The quantitative estimate of drug-likeness (QED) is 0.613. The Labute approximate surface area is 146 Å². The first-order chi connectivity index (χ1) is 10.9. The maximum Gasteiger partial charge on any atom is 0.271 e. The molecule has 0 aliphatic heterocycles. The second-order valence-electron chi connectivity index (χ2n) is 4.33. The minimum Gasteiger partial charge on any atom is -0.484 e. The Kier molecular flexibility index (Phi) is 5.65. The number of benzene rings is 2. The summed E-state index contributed by atoms with van der Waals surface area (Å²) in [6.07, 6.45) is 0. The van der Waals surface area contributed by atoms with Gasteiger partial charge >= 0.3 is 0 Å². The van der Waals surface area contributed by atoms with Crippen molar-refractivity contribution in [3.63, 3.8) is 0 Å². The molecule has 0 saturated carbocycles. The van der Waals surface area contributed by atoms with Gasteiger partial charge in [-0.3, -0.25) is 14.9 Å². The van der Waals surface area contributed by atoms with E-state index < -0.39 is 10.8 Å². The second kappa shape index (κ2) is 7.50. The van der Waals surface area contributed by atoms with Crippen LogP contribution in [0.15, 0.2) is 36.4 Å². The first-order valence-electron chi connectivity index (χ1n) is 6.18. The minimum atomic E-state index is -0.579. The number of anilines is 1. The predicted molar refractivity (Wildman–Crippen MR) is 88.7 cm³/mol. The van der Waals surface area contributed by atoms with Crippen molar-refractivity contribution < 1.29 is 14.5 Å². The van der Waals surface area contributed by atoms with Crippen LogP contribution in [-0.2, 0) is 4.79 Å². The van der Waals surface area contributed by atoms with Crippen molar-refractivity contribution in [3.05, 3.63) is 61.6 Å². The van der Waals surface area contributed by atoms with Crippen molar-refractivity contribution in [2.45, 2.75) is 0 Å². The van der Waals surface area contributed by atoms with Gasteiger partial charge in [0.2, 0.25) is 0 Å². The van der Waals surface area contributed by atoms with Crippen molar-refractivity contribution in [2.75, 3.05) is 11.9 Å². The lowest BCUT2D eigenvalue weighted by Gasteiger charge is -2.09.